The van der Waals surface area contributed by atoms with Crippen LogP contribution in [-0.2, 0) is 0 Å². The molecule has 1 aromatic rings. The van der Waals surface area contributed by atoms with E-state index in [-0.39, 0.29) is 6.04 Å². The molecule has 0 unspecified atom stereocenters. The fourth-order valence-electron chi connectivity index (χ4n) is 1.41. The lowest BCUT2D eigenvalue weighted by molar-refractivity contribution is 0.839. The summed E-state index contributed by atoms with van der Waals surface area (Å²) in [6.07, 6.45) is 4.41. The molecule has 0 bridgehead atoms. The van der Waals surface area contributed by atoms with E-state index >= 15 is 0 Å². The second-order valence-electron chi connectivity index (χ2n) is 3.26. The van der Waals surface area contributed by atoms with Gasteiger partial charge in [0, 0.05) is 30.2 Å². The summed E-state index contributed by atoms with van der Waals surface area (Å²) < 4.78 is 0. The summed E-state index contributed by atoms with van der Waals surface area (Å²) in [6.45, 7) is 0. The first-order valence-corrected chi connectivity index (χ1v) is 4.65. The number of anilines is 1. The van der Waals surface area contributed by atoms with Gasteiger partial charge in [-0.05, 0) is 12.1 Å². The molecule has 0 fully saturated rings. The monoisotopic (exact) mass is 187 g/mol. The van der Waals surface area contributed by atoms with Crippen molar-refractivity contribution in [1.29, 1.82) is 0 Å². The predicted octanol–water partition coefficient (Wildman–Crippen LogP) is 1.74. The highest BCUT2D eigenvalue weighted by Gasteiger charge is 2.12. The molecule has 0 saturated heterocycles. The molecule has 3 N–H and O–H groups in total. The Balaban J connectivity index is 2.05. The Bertz CT molecular complexity index is 354. The standard InChI is InChI=1S/C11H13N3/c12-10-8-13-7-6-11(10)14-9-4-2-1-3-5-9/h1-5,7-8,11,14H,6,12H2/t11-/m0/s1. The van der Waals surface area contributed by atoms with Crippen molar-refractivity contribution in [2.75, 3.05) is 5.32 Å². The second-order valence-corrected chi connectivity index (χ2v) is 3.26. The summed E-state index contributed by atoms with van der Waals surface area (Å²) in [5, 5.41) is 3.35. The van der Waals surface area contributed by atoms with Crippen LogP contribution in [0.1, 0.15) is 6.42 Å². The van der Waals surface area contributed by atoms with Crippen LogP contribution in [-0.4, -0.2) is 12.3 Å². The van der Waals surface area contributed by atoms with Crippen molar-refractivity contribution in [1.82, 2.24) is 0 Å². The fraction of sp³-hybridized carbons (Fsp3) is 0.182. The number of nitrogens with zero attached hydrogens (tertiary/aromatic N) is 1. The number of hydrogen-bond acceptors (Lipinski definition) is 3. The van der Waals surface area contributed by atoms with Gasteiger partial charge in [0.05, 0.1) is 6.04 Å². The Morgan fingerprint density at radius 2 is 2.07 bits per heavy atom. The molecule has 0 radical (unpaired) electrons. The number of benzene rings is 1. The Kier molecular flexibility index (Phi) is 2.49. The van der Waals surface area contributed by atoms with Crippen molar-refractivity contribution in [2.24, 2.45) is 10.7 Å². The van der Waals surface area contributed by atoms with E-state index in [9.17, 15) is 0 Å². The van der Waals surface area contributed by atoms with Gasteiger partial charge in [-0.3, -0.25) is 4.99 Å². The van der Waals surface area contributed by atoms with E-state index in [0.717, 1.165) is 17.8 Å². The Hall–Kier alpha value is -1.77. The summed E-state index contributed by atoms with van der Waals surface area (Å²) in [5.41, 5.74) is 7.69. The van der Waals surface area contributed by atoms with E-state index in [1.54, 1.807) is 6.20 Å². The van der Waals surface area contributed by atoms with Gasteiger partial charge < -0.3 is 11.1 Å². The maximum Gasteiger partial charge on any atom is 0.0722 e. The largest absolute Gasteiger partial charge is 0.399 e. The van der Waals surface area contributed by atoms with Crippen LogP contribution in [0, 0.1) is 0 Å². The summed E-state index contributed by atoms with van der Waals surface area (Å²) in [5.74, 6) is 0. The van der Waals surface area contributed by atoms with Crippen molar-refractivity contribution in [2.45, 2.75) is 12.5 Å². The summed E-state index contributed by atoms with van der Waals surface area (Å²) in [4.78, 5) is 4.00. The highest BCUT2D eigenvalue weighted by atomic mass is 15.0. The van der Waals surface area contributed by atoms with Gasteiger partial charge in [0.25, 0.3) is 0 Å². The molecule has 3 heteroatoms. The summed E-state index contributed by atoms with van der Waals surface area (Å²) >= 11 is 0. The molecule has 14 heavy (non-hydrogen) atoms. The number of para-hydroxylation sites is 1. The maximum atomic E-state index is 5.81. The lowest BCUT2D eigenvalue weighted by Crippen LogP contribution is -2.28. The molecule has 1 heterocycles. The Morgan fingerprint density at radius 1 is 1.29 bits per heavy atom. The van der Waals surface area contributed by atoms with Gasteiger partial charge >= 0.3 is 0 Å². The van der Waals surface area contributed by atoms with Crippen LogP contribution >= 0.6 is 0 Å². The van der Waals surface area contributed by atoms with Crippen molar-refractivity contribution in [3.8, 4) is 0 Å². The van der Waals surface area contributed by atoms with Crippen LogP contribution in [0.25, 0.3) is 0 Å². The number of aliphatic imine (C=N–C) groups is 1. The SMILES string of the molecule is NC1=CN=CC[C@@H]1Nc1ccccc1. The molecule has 1 aliphatic rings. The van der Waals surface area contributed by atoms with E-state index in [1.807, 2.05) is 36.5 Å². The third kappa shape index (κ3) is 1.93. The van der Waals surface area contributed by atoms with Gasteiger partial charge in [0.2, 0.25) is 0 Å². The summed E-state index contributed by atoms with van der Waals surface area (Å²) in [6, 6.07) is 10.2. The summed E-state index contributed by atoms with van der Waals surface area (Å²) in [7, 11) is 0. The van der Waals surface area contributed by atoms with E-state index in [2.05, 4.69) is 10.3 Å². The molecule has 72 valence electrons. The minimum absolute atomic E-state index is 0.176. The topological polar surface area (TPSA) is 50.4 Å². The van der Waals surface area contributed by atoms with E-state index in [0.29, 0.717) is 0 Å². The average Bonchev–Trinajstić information content (AvgIpc) is 2.23. The van der Waals surface area contributed by atoms with E-state index < -0.39 is 0 Å². The average molecular weight is 187 g/mol. The minimum Gasteiger partial charge on any atom is -0.399 e. The highest BCUT2D eigenvalue weighted by Crippen LogP contribution is 2.13. The number of hydrogen-bond donors (Lipinski definition) is 2. The molecule has 1 aliphatic heterocycles. The van der Waals surface area contributed by atoms with Crippen LogP contribution in [0.4, 0.5) is 5.69 Å². The van der Waals surface area contributed by atoms with Gasteiger partial charge in [-0.1, -0.05) is 18.2 Å². The molecule has 3 nitrogen and oxygen atoms in total. The number of nitrogens with one attached hydrogen (secondary N) is 1. The first-order chi connectivity index (χ1) is 6.86. The van der Waals surface area contributed by atoms with E-state index in [1.165, 1.54) is 0 Å². The smallest absolute Gasteiger partial charge is 0.0722 e. The maximum absolute atomic E-state index is 5.81. The van der Waals surface area contributed by atoms with Gasteiger partial charge in [0.15, 0.2) is 0 Å². The fourth-order valence-corrected chi connectivity index (χ4v) is 1.41. The van der Waals surface area contributed by atoms with Crippen molar-refractivity contribution in [3.63, 3.8) is 0 Å². The zero-order chi connectivity index (χ0) is 9.80. The number of rotatable bonds is 2. The third-order valence-electron chi connectivity index (χ3n) is 2.19. The first kappa shape index (κ1) is 8.81. The van der Waals surface area contributed by atoms with Crippen molar-refractivity contribution in [3.05, 3.63) is 42.2 Å². The minimum atomic E-state index is 0.176. The van der Waals surface area contributed by atoms with Crippen LogP contribution in [0.3, 0.4) is 0 Å². The molecular formula is C11H13N3. The lowest BCUT2D eigenvalue weighted by Gasteiger charge is -2.20. The molecule has 0 aromatic heterocycles. The molecule has 0 amide bonds. The van der Waals surface area contributed by atoms with Crippen LogP contribution in [0.2, 0.25) is 0 Å². The van der Waals surface area contributed by atoms with Gasteiger partial charge in [-0.2, -0.15) is 0 Å². The van der Waals surface area contributed by atoms with Gasteiger partial charge in [-0.25, -0.2) is 0 Å². The lowest BCUT2D eigenvalue weighted by atomic mass is 10.1. The molecule has 0 spiro atoms. The zero-order valence-corrected chi connectivity index (χ0v) is 7.85. The zero-order valence-electron chi connectivity index (χ0n) is 7.85. The quantitative estimate of drug-likeness (QED) is 0.741. The predicted molar refractivity (Wildman–Crippen MR) is 59.2 cm³/mol. The normalized spacial score (nSPS) is 20.3. The molecule has 1 aromatic carbocycles. The highest BCUT2D eigenvalue weighted by molar-refractivity contribution is 5.63. The molecule has 0 aliphatic carbocycles. The molecule has 0 saturated carbocycles. The van der Waals surface area contributed by atoms with Crippen molar-refractivity contribution >= 4 is 11.9 Å². The van der Waals surface area contributed by atoms with Gasteiger partial charge in [0.1, 0.15) is 0 Å². The third-order valence-corrected chi connectivity index (χ3v) is 2.19. The second kappa shape index (κ2) is 3.96. The van der Waals surface area contributed by atoms with Crippen molar-refractivity contribution < 1.29 is 0 Å². The Morgan fingerprint density at radius 3 is 2.79 bits per heavy atom. The van der Waals surface area contributed by atoms with Crippen LogP contribution in [0.5, 0.6) is 0 Å². The first-order valence-electron chi connectivity index (χ1n) is 4.65. The van der Waals surface area contributed by atoms with Crippen LogP contribution < -0.4 is 11.1 Å². The number of nitrogens with two attached hydrogens (primary N) is 1. The van der Waals surface area contributed by atoms with Gasteiger partial charge in [-0.15, -0.1) is 0 Å². The van der Waals surface area contributed by atoms with E-state index in [4.69, 9.17) is 5.73 Å². The molecular weight excluding hydrogens is 174 g/mol. The molecule has 1 atom stereocenters. The molecule has 2 rings (SSSR count). The Labute approximate surface area is 83.3 Å². The van der Waals surface area contributed by atoms with Crippen LogP contribution in [0.15, 0.2) is 47.2 Å².